The summed E-state index contributed by atoms with van der Waals surface area (Å²) in [4.78, 5) is 31.1. The van der Waals surface area contributed by atoms with Gasteiger partial charge in [-0.2, -0.15) is 0 Å². The summed E-state index contributed by atoms with van der Waals surface area (Å²) in [6.45, 7) is 5.73. The molecule has 1 aliphatic heterocycles. The van der Waals surface area contributed by atoms with E-state index in [1.807, 2.05) is 23.1 Å². The second kappa shape index (κ2) is 10.7. The standard InChI is InChI=1S/C23H28ClFN4O2/c1-17(23(31)26-21-9-8-19(25)14-20(21)24)27(2)16-22(30)29-12-10-28(11-13-29)15-18-6-4-3-5-7-18/h3-9,14,17H,10-13,15-16H2,1-2H3,(H,26,31)/t17-/m0/s1. The van der Waals surface area contributed by atoms with Gasteiger partial charge in [-0.05, 0) is 37.7 Å². The van der Waals surface area contributed by atoms with Crippen LogP contribution in [0, 0.1) is 5.82 Å². The van der Waals surface area contributed by atoms with Crippen molar-refractivity contribution in [1.82, 2.24) is 14.7 Å². The smallest absolute Gasteiger partial charge is 0.241 e. The van der Waals surface area contributed by atoms with Crippen molar-refractivity contribution in [2.24, 2.45) is 0 Å². The Labute approximate surface area is 187 Å². The van der Waals surface area contributed by atoms with Gasteiger partial charge in [0.25, 0.3) is 0 Å². The Kier molecular flexibility index (Phi) is 8.01. The van der Waals surface area contributed by atoms with Crippen molar-refractivity contribution >= 4 is 29.1 Å². The van der Waals surface area contributed by atoms with E-state index in [2.05, 4.69) is 22.3 Å². The Morgan fingerprint density at radius 2 is 1.81 bits per heavy atom. The third kappa shape index (κ3) is 6.50. The van der Waals surface area contributed by atoms with E-state index in [1.54, 1.807) is 18.9 Å². The molecule has 1 heterocycles. The second-order valence-electron chi connectivity index (χ2n) is 7.85. The summed E-state index contributed by atoms with van der Waals surface area (Å²) in [5.74, 6) is -0.777. The van der Waals surface area contributed by atoms with Crippen molar-refractivity contribution in [1.29, 1.82) is 0 Å². The van der Waals surface area contributed by atoms with Crippen LogP contribution in [-0.4, -0.2) is 72.3 Å². The molecule has 2 amide bonds. The summed E-state index contributed by atoms with van der Waals surface area (Å²) < 4.78 is 13.2. The van der Waals surface area contributed by atoms with E-state index in [-0.39, 0.29) is 23.4 Å². The van der Waals surface area contributed by atoms with E-state index in [4.69, 9.17) is 11.6 Å². The first-order chi connectivity index (χ1) is 14.8. The molecule has 1 atom stereocenters. The number of likely N-dealkylation sites (N-methyl/N-ethyl adjacent to an activating group) is 1. The molecule has 0 spiro atoms. The lowest BCUT2D eigenvalue weighted by atomic mass is 10.2. The molecule has 1 saturated heterocycles. The number of amides is 2. The Morgan fingerprint density at radius 1 is 1.13 bits per heavy atom. The van der Waals surface area contributed by atoms with Crippen molar-refractivity contribution in [3.05, 3.63) is 64.9 Å². The van der Waals surface area contributed by atoms with Gasteiger partial charge in [0.05, 0.1) is 23.3 Å². The van der Waals surface area contributed by atoms with Gasteiger partial charge in [-0.25, -0.2) is 4.39 Å². The molecule has 2 aromatic carbocycles. The largest absolute Gasteiger partial charge is 0.339 e. The normalized spacial score (nSPS) is 15.7. The highest BCUT2D eigenvalue weighted by Gasteiger charge is 2.25. The summed E-state index contributed by atoms with van der Waals surface area (Å²) in [5, 5.41) is 2.82. The van der Waals surface area contributed by atoms with Gasteiger partial charge in [0.1, 0.15) is 5.82 Å². The van der Waals surface area contributed by atoms with Crippen LogP contribution in [-0.2, 0) is 16.1 Å². The second-order valence-corrected chi connectivity index (χ2v) is 8.25. The first-order valence-electron chi connectivity index (χ1n) is 10.3. The molecule has 1 fully saturated rings. The fraction of sp³-hybridized carbons (Fsp3) is 0.391. The van der Waals surface area contributed by atoms with Crippen LogP contribution in [0.25, 0.3) is 0 Å². The third-order valence-electron chi connectivity index (χ3n) is 5.59. The Morgan fingerprint density at radius 3 is 2.45 bits per heavy atom. The molecule has 3 rings (SSSR count). The highest BCUT2D eigenvalue weighted by Crippen LogP contribution is 2.22. The molecule has 0 bridgehead atoms. The molecule has 0 aliphatic carbocycles. The highest BCUT2D eigenvalue weighted by molar-refractivity contribution is 6.33. The fourth-order valence-electron chi connectivity index (χ4n) is 3.48. The topological polar surface area (TPSA) is 55.9 Å². The lowest BCUT2D eigenvalue weighted by Gasteiger charge is -2.36. The number of rotatable bonds is 7. The molecular weight excluding hydrogens is 419 g/mol. The predicted molar refractivity (Wildman–Crippen MR) is 120 cm³/mol. The number of hydrogen-bond acceptors (Lipinski definition) is 4. The van der Waals surface area contributed by atoms with Gasteiger partial charge < -0.3 is 10.2 Å². The highest BCUT2D eigenvalue weighted by atomic mass is 35.5. The summed E-state index contributed by atoms with van der Waals surface area (Å²) >= 11 is 5.97. The number of piperazine rings is 1. The zero-order chi connectivity index (χ0) is 22.4. The van der Waals surface area contributed by atoms with Crippen LogP contribution in [0.4, 0.5) is 10.1 Å². The van der Waals surface area contributed by atoms with Gasteiger partial charge in [-0.15, -0.1) is 0 Å². The van der Waals surface area contributed by atoms with Crippen LogP contribution in [0.15, 0.2) is 48.5 Å². The minimum Gasteiger partial charge on any atom is -0.339 e. The maximum absolute atomic E-state index is 13.2. The van der Waals surface area contributed by atoms with Crippen LogP contribution < -0.4 is 5.32 Å². The van der Waals surface area contributed by atoms with Crippen molar-refractivity contribution in [3.8, 4) is 0 Å². The van der Waals surface area contributed by atoms with Gasteiger partial charge in [0, 0.05) is 32.7 Å². The third-order valence-corrected chi connectivity index (χ3v) is 5.90. The molecule has 1 N–H and O–H groups in total. The van der Waals surface area contributed by atoms with Crippen LogP contribution >= 0.6 is 11.6 Å². The summed E-state index contributed by atoms with van der Waals surface area (Å²) in [6.07, 6.45) is 0. The SMILES string of the molecule is C[C@@H](C(=O)Nc1ccc(F)cc1Cl)N(C)CC(=O)N1CCN(Cc2ccccc2)CC1. The number of anilines is 1. The summed E-state index contributed by atoms with van der Waals surface area (Å²) in [6, 6.07) is 13.5. The number of carbonyl (C=O) groups excluding carboxylic acids is 2. The van der Waals surface area contributed by atoms with Crippen LogP contribution in [0.1, 0.15) is 12.5 Å². The monoisotopic (exact) mass is 446 g/mol. The van der Waals surface area contributed by atoms with E-state index < -0.39 is 11.9 Å². The molecule has 31 heavy (non-hydrogen) atoms. The van der Waals surface area contributed by atoms with E-state index in [9.17, 15) is 14.0 Å². The van der Waals surface area contributed by atoms with Crippen molar-refractivity contribution in [3.63, 3.8) is 0 Å². The van der Waals surface area contributed by atoms with Crippen molar-refractivity contribution < 1.29 is 14.0 Å². The zero-order valence-corrected chi connectivity index (χ0v) is 18.6. The summed E-state index contributed by atoms with van der Waals surface area (Å²) in [5.41, 5.74) is 1.61. The average molecular weight is 447 g/mol. The number of carbonyl (C=O) groups is 2. The van der Waals surface area contributed by atoms with Gasteiger partial charge in [-0.3, -0.25) is 19.4 Å². The predicted octanol–water partition coefficient (Wildman–Crippen LogP) is 3.08. The Hall–Kier alpha value is -2.48. The number of hydrogen-bond donors (Lipinski definition) is 1. The number of nitrogens with zero attached hydrogens (tertiary/aromatic N) is 3. The van der Waals surface area contributed by atoms with Crippen LogP contribution in [0.5, 0.6) is 0 Å². The van der Waals surface area contributed by atoms with E-state index >= 15 is 0 Å². The van der Waals surface area contributed by atoms with E-state index in [1.165, 1.54) is 17.7 Å². The molecule has 2 aromatic rings. The average Bonchev–Trinajstić information content (AvgIpc) is 2.76. The zero-order valence-electron chi connectivity index (χ0n) is 17.9. The molecule has 0 radical (unpaired) electrons. The quantitative estimate of drug-likeness (QED) is 0.710. The van der Waals surface area contributed by atoms with E-state index in [0.717, 1.165) is 25.7 Å². The number of halogens is 2. The first-order valence-corrected chi connectivity index (χ1v) is 10.7. The van der Waals surface area contributed by atoms with Crippen LogP contribution in [0.2, 0.25) is 5.02 Å². The first kappa shape index (κ1) is 23.2. The maximum atomic E-state index is 13.2. The lowest BCUT2D eigenvalue weighted by Crippen LogP contribution is -2.52. The maximum Gasteiger partial charge on any atom is 0.241 e. The summed E-state index contributed by atoms with van der Waals surface area (Å²) in [7, 11) is 1.74. The van der Waals surface area contributed by atoms with Gasteiger partial charge in [-0.1, -0.05) is 41.9 Å². The molecule has 1 aliphatic rings. The minimum atomic E-state index is -0.551. The van der Waals surface area contributed by atoms with Crippen molar-refractivity contribution in [2.45, 2.75) is 19.5 Å². The van der Waals surface area contributed by atoms with Crippen molar-refractivity contribution in [2.75, 3.05) is 45.1 Å². The molecule has 0 aromatic heterocycles. The molecule has 0 unspecified atom stereocenters. The molecule has 6 nitrogen and oxygen atoms in total. The molecule has 8 heteroatoms. The Balaban J connectivity index is 1.45. The number of benzene rings is 2. The van der Waals surface area contributed by atoms with Gasteiger partial charge in [0.15, 0.2) is 0 Å². The molecule has 166 valence electrons. The number of nitrogens with one attached hydrogen (secondary N) is 1. The molecule has 0 saturated carbocycles. The fourth-order valence-corrected chi connectivity index (χ4v) is 3.69. The van der Waals surface area contributed by atoms with Crippen LogP contribution in [0.3, 0.4) is 0 Å². The van der Waals surface area contributed by atoms with Gasteiger partial charge >= 0.3 is 0 Å². The van der Waals surface area contributed by atoms with E-state index in [0.29, 0.717) is 18.8 Å². The Bertz CT molecular complexity index is 904. The minimum absolute atomic E-state index is 0.00123. The van der Waals surface area contributed by atoms with Gasteiger partial charge in [0.2, 0.25) is 11.8 Å². The molecular formula is C23H28ClFN4O2. The lowest BCUT2D eigenvalue weighted by molar-refractivity contribution is -0.135.